The van der Waals surface area contributed by atoms with Crippen LogP contribution in [0.4, 0.5) is 5.82 Å². The molecule has 0 saturated carbocycles. The molecule has 0 amide bonds. The van der Waals surface area contributed by atoms with Crippen molar-refractivity contribution in [2.45, 2.75) is 84.0 Å². The zero-order valence-electron chi connectivity index (χ0n) is 15.3. The highest BCUT2D eigenvalue weighted by Crippen LogP contribution is 2.54. The van der Waals surface area contributed by atoms with Crippen molar-refractivity contribution in [3.63, 3.8) is 0 Å². The van der Waals surface area contributed by atoms with Gasteiger partial charge in [0.1, 0.15) is 5.82 Å². The summed E-state index contributed by atoms with van der Waals surface area (Å²) in [5.74, 6) is 1.14. The fourth-order valence-corrected chi connectivity index (χ4v) is 6.74. The smallest absolute Gasteiger partial charge is 0.131 e. The minimum Gasteiger partial charge on any atom is -0.338 e. The van der Waals surface area contributed by atoms with E-state index in [4.69, 9.17) is 0 Å². The Morgan fingerprint density at radius 3 is 2.41 bits per heavy atom. The Bertz CT molecular complexity index is 382. The van der Waals surface area contributed by atoms with Gasteiger partial charge in [0.25, 0.3) is 0 Å². The van der Waals surface area contributed by atoms with Gasteiger partial charge in [0.05, 0.1) is 0 Å². The standard InChI is InChI=1S/C19H35N2P/c1-6-9-10-14-17(4)22(18(8-3)13-7-2)21(5)19-15-11-12-16-20-19/h11-12,15-18H,6-10,13-14H2,1-5H3. The van der Waals surface area contributed by atoms with Crippen LogP contribution >= 0.6 is 8.07 Å². The van der Waals surface area contributed by atoms with Crippen LogP contribution in [0.5, 0.6) is 0 Å². The van der Waals surface area contributed by atoms with E-state index in [1.54, 1.807) is 0 Å². The maximum absolute atomic E-state index is 4.60. The number of hydrogen-bond donors (Lipinski definition) is 0. The predicted octanol–water partition coefficient (Wildman–Crippen LogP) is 6.46. The molecule has 1 rings (SSSR count). The first kappa shape index (κ1) is 19.4. The predicted molar refractivity (Wildman–Crippen MR) is 102 cm³/mol. The maximum Gasteiger partial charge on any atom is 0.131 e. The van der Waals surface area contributed by atoms with Crippen LogP contribution < -0.4 is 4.67 Å². The average molecular weight is 322 g/mol. The van der Waals surface area contributed by atoms with E-state index in [0.717, 1.165) is 17.1 Å². The summed E-state index contributed by atoms with van der Waals surface area (Å²) in [7, 11) is 2.09. The van der Waals surface area contributed by atoms with E-state index in [2.05, 4.69) is 56.5 Å². The van der Waals surface area contributed by atoms with Gasteiger partial charge in [-0.2, -0.15) is 0 Å². The summed E-state index contributed by atoms with van der Waals surface area (Å²) < 4.78 is 2.51. The molecule has 0 aliphatic rings. The van der Waals surface area contributed by atoms with Crippen molar-refractivity contribution >= 4 is 13.9 Å². The molecule has 0 aliphatic heterocycles. The highest BCUT2D eigenvalue weighted by molar-refractivity contribution is 7.60. The van der Waals surface area contributed by atoms with Gasteiger partial charge in [-0.3, -0.25) is 0 Å². The summed E-state index contributed by atoms with van der Waals surface area (Å²) in [5.41, 5.74) is 1.61. The molecule has 0 bridgehead atoms. The zero-order chi connectivity index (χ0) is 16.4. The second-order valence-corrected chi connectivity index (χ2v) is 9.26. The van der Waals surface area contributed by atoms with Crippen molar-refractivity contribution < 1.29 is 0 Å². The molecule has 0 aliphatic carbocycles. The van der Waals surface area contributed by atoms with Crippen molar-refractivity contribution in [1.29, 1.82) is 0 Å². The van der Waals surface area contributed by atoms with Gasteiger partial charge in [-0.1, -0.05) is 59.4 Å². The summed E-state index contributed by atoms with van der Waals surface area (Å²) in [4.78, 5) is 4.60. The molecule has 1 aromatic heterocycles. The summed E-state index contributed by atoms with van der Waals surface area (Å²) in [6.45, 7) is 9.44. The van der Waals surface area contributed by atoms with Crippen LogP contribution in [0.2, 0.25) is 0 Å². The molecule has 1 heterocycles. The molecule has 2 nitrogen and oxygen atoms in total. The third kappa shape index (κ3) is 5.88. The number of anilines is 1. The lowest BCUT2D eigenvalue weighted by Crippen LogP contribution is -2.25. The van der Waals surface area contributed by atoms with Crippen LogP contribution in [-0.4, -0.2) is 23.3 Å². The lowest BCUT2D eigenvalue weighted by atomic mass is 10.2. The Morgan fingerprint density at radius 1 is 1.09 bits per heavy atom. The van der Waals surface area contributed by atoms with Crippen LogP contribution in [0.25, 0.3) is 0 Å². The number of nitrogens with zero attached hydrogens (tertiary/aromatic N) is 2. The fraction of sp³-hybridized carbons (Fsp3) is 0.737. The Morgan fingerprint density at radius 2 is 1.86 bits per heavy atom. The summed E-state index contributed by atoms with van der Waals surface area (Å²) >= 11 is 0. The fourth-order valence-electron chi connectivity index (χ4n) is 3.24. The van der Waals surface area contributed by atoms with Gasteiger partial charge in [-0.25, -0.2) is 4.98 Å². The van der Waals surface area contributed by atoms with Gasteiger partial charge in [-0.15, -0.1) is 0 Å². The summed E-state index contributed by atoms with van der Waals surface area (Å²) in [5, 5.41) is 0. The molecule has 0 aromatic carbocycles. The Labute approximate surface area is 139 Å². The van der Waals surface area contributed by atoms with Crippen molar-refractivity contribution in [2.75, 3.05) is 11.7 Å². The molecule has 3 heteroatoms. The summed E-state index contributed by atoms with van der Waals surface area (Å²) in [6, 6.07) is 6.27. The van der Waals surface area contributed by atoms with E-state index in [-0.39, 0.29) is 8.07 Å². The lowest BCUT2D eigenvalue weighted by Gasteiger charge is -2.39. The van der Waals surface area contributed by atoms with Crippen molar-refractivity contribution in [3.05, 3.63) is 24.4 Å². The van der Waals surface area contributed by atoms with E-state index in [1.165, 1.54) is 44.9 Å². The number of aromatic nitrogens is 1. The van der Waals surface area contributed by atoms with Crippen molar-refractivity contribution in [2.24, 2.45) is 0 Å². The molecule has 0 radical (unpaired) electrons. The molecule has 0 saturated heterocycles. The van der Waals surface area contributed by atoms with Crippen molar-refractivity contribution in [1.82, 2.24) is 4.98 Å². The third-order valence-corrected chi connectivity index (χ3v) is 7.90. The highest BCUT2D eigenvalue weighted by Gasteiger charge is 2.29. The third-order valence-electron chi connectivity index (χ3n) is 4.47. The minimum absolute atomic E-state index is 0.175. The van der Waals surface area contributed by atoms with Gasteiger partial charge < -0.3 is 4.67 Å². The molecule has 0 fully saturated rings. The van der Waals surface area contributed by atoms with Crippen LogP contribution in [0.1, 0.15) is 72.6 Å². The SMILES string of the molecule is CCCCCC(C)P(C(CC)CCC)N(C)c1ccccn1. The van der Waals surface area contributed by atoms with E-state index < -0.39 is 0 Å². The monoisotopic (exact) mass is 322 g/mol. The maximum atomic E-state index is 4.60. The highest BCUT2D eigenvalue weighted by atomic mass is 31.1. The number of pyridine rings is 1. The lowest BCUT2D eigenvalue weighted by molar-refractivity contribution is 0.644. The van der Waals surface area contributed by atoms with Gasteiger partial charge in [0, 0.05) is 13.2 Å². The van der Waals surface area contributed by atoms with E-state index in [1.807, 2.05) is 12.3 Å². The van der Waals surface area contributed by atoms with Gasteiger partial charge in [0.2, 0.25) is 0 Å². The number of rotatable bonds is 11. The number of hydrogen-bond acceptors (Lipinski definition) is 2. The largest absolute Gasteiger partial charge is 0.338 e. The molecule has 0 spiro atoms. The first-order chi connectivity index (χ1) is 10.7. The Hall–Kier alpha value is -0.620. The second-order valence-electron chi connectivity index (χ2n) is 6.29. The van der Waals surface area contributed by atoms with E-state index in [0.29, 0.717) is 0 Å². The van der Waals surface area contributed by atoms with Crippen molar-refractivity contribution in [3.8, 4) is 0 Å². The molecule has 3 unspecified atom stereocenters. The second kappa shape index (κ2) is 11.0. The molecular weight excluding hydrogens is 287 g/mol. The Kier molecular flexibility index (Phi) is 9.71. The minimum atomic E-state index is -0.175. The van der Waals surface area contributed by atoms with Crippen LogP contribution in [0.3, 0.4) is 0 Å². The molecule has 1 aromatic rings. The first-order valence-electron chi connectivity index (χ1n) is 9.08. The molecule has 126 valence electrons. The van der Waals surface area contributed by atoms with Gasteiger partial charge in [-0.05, 0) is 50.8 Å². The normalized spacial score (nSPS) is 15.3. The topological polar surface area (TPSA) is 16.1 Å². The van der Waals surface area contributed by atoms with E-state index >= 15 is 0 Å². The average Bonchev–Trinajstić information content (AvgIpc) is 2.55. The van der Waals surface area contributed by atoms with Crippen LogP contribution in [0.15, 0.2) is 24.4 Å². The first-order valence-corrected chi connectivity index (χ1v) is 10.5. The molecular formula is C19H35N2P. The van der Waals surface area contributed by atoms with Gasteiger partial charge in [0.15, 0.2) is 0 Å². The zero-order valence-corrected chi connectivity index (χ0v) is 16.1. The Balaban J connectivity index is 2.89. The molecule has 0 N–H and O–H groups in total. The molecule has 22 heavy (non-hydrogen) atoms. The van der Waals surface area contributed by atoms with Crippen LogP contribution in [-0.2, 0) is 0 Å². The van der Waals surface area contributed by atoms with Crippen LogP contribution in [0, 0.1) is 0 Å². The van der Waals surface area contributed by atoms with E-state index in [9.17, 15) is 0 Å². The number of unbranched alkanes of at least 4 members (excludes halogenated alkanes) is 2. The summed E-state index contributed by atoms with van der Waals surface area (Å²) in [6.07, 6.45) is 11.2. The quantitative estimate of drug-likeness (QED) is 0.343. The van der Waals surface area contributed by atoms with Gasteiger partial charge >= 0.3 is 0 Å². The molecule has 3 atom stereocenters.